The van der Waals surface area contributed by atoms with Crippen LogP contribution in [0.2, 0.25) is 0 Å². The molecule has 1 aliphatic rings. The third kappa shape index (κ3) is 5.58. The Kier molecular flexibility index (Phi) is 7.09. The zero-order valence-corrected chi connectivity index (χ0v) is 17.4. The first-order chi connectivity index (χ1) is 13.6. The minimum atomic E-state index is 0.102. The molecule has 3 rings (SSSR count). The first-order valence-corrected chi connectivity index (χ1v) is 10.4. The summed E-state index contributed by atoms with van der Waals surface area (Å²) in [7, 11) is 0. The van der Waals surface area contributed by atoms with Gasteiger partial charge in [-0.15, -0.1) is 0 Å². The van der Waals surface area contributed by atoms with E-state index in [0.29, 0.717) is 12.4 Å². The quantitative estimate of drug-likeness (QED) is 0.564. The van der Waals surface area contributed by atoms with E-state index in [2.05, 4.69) is 41.3 Å². The number of piperidine rings is 1. The monoisotopic (exact) mass is 383 g/mol. The molecule has 2 heterocycles. The zero-order valence-electron chi connectivity index (χ0n) is 17.4. The van der Waals surface area contributed by atoms with Gasteiger partial charge in [-0.25, -0.2) is 9.98 Å². The van der Waals surface area contributed by atoms with Crippen LogP contribution in [0.15, 0.2) is 46.0 Å². The topological polar surface area (TPSA) is 65.7 Å². The average Bonchev–Trinajstić information content (AvgIpc) is 3.20. The van der Waals surface area contributed by atoms with Gasteiger partial charge in [-0.3, -0.25) is 4.90 Å². The molecule has 28 heavy (non-hydrogen) atoms. The van der Waals surface area contributed by atoms with Crippen molar-refractivity contribution in [3.8, 4) is 11.5 Å². The van der Waals surface area contributed by atoms with Crippen LogP contribution in [0.1, 0.15) is 45.7 Å². The number of likely N-dealkylation sites (tertiary alicyclic amines) is 1. The molecule has 1 saturated heterocycles. The lowest BCUT2D eigenvalue weighted by molar-refractivity contribution is 0.0982. The van der Waals surface area contributed by atoms with Crippen molar-refractivity contribution in [2.75, 3.05) is 26.2 Å². The predicted molar refractivity (Wildman–Crippen MR) is 114 cm³/mol. The van der Waals surface area contributed by atoms with Gasteiger partial charge in [0.05, 0.1) is 6.54 Å². The van der Waals surface area contributed by atoms with Crippen molar-refractivity contribution in [1.82, 2.24) is 20.5 Å². The molecule has 0 spiro atoms. The first-order valence-electron chi connectivity index (χ1n) is 10.4. The molecule has 6 heteroatoms. The smallest absolute Gasteiger partial charge is 0.226 e. The summed E-state index contributed by atoms with van der Waals surface area (Å²) in [5, 5.41) is 6.83. The van der Waals surface area contributed by atoms with E-state index >= 15 is 0 Å². The molecule has 0 aliphatic carbocycles. The van der Waals surface area contributed by atoms with Gasteiger partial charge in [-0.05, 0) is 58.8 Å². The van der Waals surface area contributed by atoms with Crippen LogP contribution >= 0.6 is 0 Å². The number of hydrogen-bond acceptors (Lipinski definition) is 4. The maximum Gasteiger partial charge on any atom is 0.226 e. The SMILES string of the molecule is CCNC(=NCc1coc(-c2ccccc2)n1)NCC(C)(C)N1CCCCC1. The Hall–Kier alpha value is -2.34. The van der Waals surface area contributed by atoms with Gasteiger partial charge in [0.2, 0.25) is 5.89 Å². The van der Waals surface area contributed by atoms with E-state index in [1.807, 2.05) is 30.3 Å². The molecule has 0 unspecified atom stereocenters. The highest BCUT2D eigenvalue weighted by molar-refractivity contribution is 5.79. The molecule has 0 radical (unpaired) electrons. The molecule has 0 bridgehead atoms. The lowest BCUT2D eigenvalue weighted by atomic mass is 9.98. The molecule has 0 saturated carbocycles. The van der Waals surface area contributed by atoms with Crippen molar-refractivity contribution < 1.29 is 4.42 Å². The minimum Gasteiger partial charge on any atom is -0.444 e. The Morgan fingerprint density at radius 2 is 1.89 bits per heavy atom. The fraction of sp³-hybridized carbons (Fsp3) is 0.545. The van der Waals surface area contributed by atoms with E-state index in [9.17, 15) is 0 Å². The van der Waals surface area contributed by atoms with Gasteiger partial charge in [-0.2, -0.15) is 0 Å². The van der Waals surface area contributed by atoms with Gasteiger partial charge >= 0.3 is 0 Å². The Morgan fingerprint density at radius 1 is 1.14 bits per heavy atom. The molecule has 2 N–H and O–H groups in total. The summed E-state index contributed by atoms with van der Waals surface area (Å²) in [6.07, 6.45) is 5.64. The standard InChI is InChI=1S/C22H33N5O/c1-4-23-21(25-17-22(2,3)27-13-9-6-10-14-27)24-15-19-16-28-20(26-19)18-11-7-5-8-12-18/h5,7-8,11-12,16H,4,6,9-10,13-15,17H2,1-3H3,(H2,23,24,25). The van der Waals surface area contributed by atoms with Gasteiger partial charge in [0.15, 0.2) is 5.96 Å². The van der Waals surface area contributed by atoms with Gasteiger partial charge in [0.25, 0.3) is 0 Å². The molecule has 1 fully saturated rings. The zero-order chi connectivity index (χ0) is 19.8. The van der Waals surface area contributed by atoms with Crippen LogP contribution < -0.4 is 10.6 Å². The Bertz CT molecular complexity index is 747. The molecule has 0 amide bonds. The van der Waals surface area contributed by atoms with Gasteiger partial charge < -0.3 is 15.1 Å². The summed E-state index contributed by atoms with van der Waals surface area (Å²) in [6, 6.07) is 9.93. The molecule has 2 aromatic rings. The lowest BCUT2D eigenvalue weighted by Gasteiger charge is -2.41. The maximum absolute atomic E-state index is 5.61. The summed E-state index contributed by atoms with van der Waals surface area (Å²) in [4.78, 5) is 11.8. The first kappa shape index (κ1) is 20.4. The molecule has 152 valence electrons. The van der Waals surface area contributed by atoms with E-state index in [-0.39, 0.29) is 5.54 Å². The number of rotatable bonds is 7. The fourth-order valence-corrected chi connectivity index (χ4v) is 3.51. The molecule has 1 aromatic carbocycles. The van der Waals surface area contributed by atoms with Crippen molar-refractivity contribution in [1.29, 1.82) is 0 Å². The van der Waals surface area contributed by atoms with Crippen molar-refractivity contribution in [3.05, 3.63) is 42.3 Å². The number of aromatic nitrogens is 1. The normalized spacial score (nSPS) is 16.2. The predicted octanol–water partition coefficient (Wildman–Crippen LogP) is 3.66. The largest absolute Gasteiger partial charge is 0.444 e. The summed E-state index contributed by atoms with van der Waals surface area (Å²) in [5.74, 6) is 1.45. The summed E-state index contributed by atoms with van der Waals surface area (Å²) < 4.78 is 5.61. The van der Waals surface area contributed by atoms with E-state index in [4.69, 9.17) is 9.41 Å². The van der Waals surface area contributed by atoms with Gasteiger partial charge in [0, 0.05) is 24.2 Å². The van der Waals surface area contributed by atoms with E-state index in [1.165, 1.54) is 32.4 Å². The Morgan fingerprint density at radius 3 is 2.61 bits per heavy atom. The molecule has 6 nitrogen and oxygen atoms in total. The third-order valence-electron chi connectivity index (χ3n) is 5.22. The number of nitrogens with one attached hydrogen (secondary N) is 2. The van der Waals surface area contributed by atoms with E-state index in [1.54, 1.807) is 6.26 Å². The second-order valence-electron chi connectivity index (χ2n) is 7.92. The van der Waals surface area contributed by atoms with Crippen molar-refractivity contribution in [2.45, 2.75) is 52.1 Å². The van der Waals surface area contributed by atoms with Crippen molar-refractivity contribution in [3.63, 3.8) is 0 Å². The second kappa shape index (κ2) is 9.73. The Balaban J connectivity index is 1.59. The molecule has 1 aliphatic heterocycles. The van der Waals surface area contributed by atoms with Crippen LogP contribution in [0.3, 0.4) is 0 Å². The van der Waals surface area contributed by atoms with Crippen LogP contribution in [-0.4, -0.2) is 47.6 Å². The van der Waals surface area contributed by atoms with Crippen molar-refractivity contribution in [2.24, 2.45) is 4.99 Å². The highest BCUT2D eigenvalue weighted by atomic mass is 16.3. The highest BCUT2D eigenvalue weighted by Gasteiger charge is 2.27. The average molecular weight is 384 g/mol. The molecular formula is C22H33N5O. The van der Waals surface area contributed by atoms with Crippen LogP contribution in [0.25, 0.3) is 11.5 Å². The summed E-state index contributed by atoms with van der Waals surface area (Å²) >= 11 is 0. The number of guanidine groups is 1. The second-order valence-corrected chi connectivity index (χ2v) is 7.92. The summed E-state index contributed by atoms with van der Waals surface area (Å²) in [5.41, 5.74) is 1.91. The minimum absolute atomic E-state index is 0.102. The van der Waals surface area contributed by atoms with Gasteiger partial charge in [0.1, 0.15) is 12.0 Å². The highest BCUT2D eigenvalue weighted by Crippen LogP contribution is 2.20. The number of benzene rings is 1. The number of aliphatic imine (C=N–C) groups is 1. The van der Waals surface area contributed by atoms with Crippen LogP contribution in [0.5, 0.6) is 0 Å². The molecular weight excluding hydrogens is 350 g/mol. The van der Waals surface area contributed by atoms with Crippen LogP contribution in [0, 0.1) is 0 Å². The van der Waals surface area contributed by atoms with Crippen LogP contribution in [0.4, 0.5) is 0 Å². The van der Waals surface area contributed by atoms with E-state index in [0.717, 1.165) is 30.3 Å². The maximum atomic E-state index is 5.61. The van der Waals surface area contributed by atoms with Crippen LogP contribution in [-0.2, 0) is 6.54 Å². The Labute approximate surface area is 168 Å². The molecule has 0 atom stereocenters. The van der Waals surface area contributed by atoms with E-state index < -0.39 is 0 Å². The van der Waals surface area contributed by atoms with Crippen molar-refractivity contribution >= 4 is 5.96 Å². The number of nitrogens with zero attached hydrogens (tertiary/aromatic N) is 3. The number of oxazole rings is 1. The number of hydrogen-bond donors (Lipinski definition) is 2. The fourth-order valence-electron chi connectivity index (χ4n) is 3.51. The molecule has 1 aromatic heterocycles. The lowest BCUT2D eigenvalue weighted by Crippen LogP contribution is -2.54. The van der Waals surface area contributed by atoms with Gasteiger partial charge in [-0.1, -0.05) is 24.6 Å². The third-order valence-corrected chi connectivity index (χ3v) is 5.22. The summed E-state index contributed by atoms with van der Waals surface area (Å²) in [6.45, 7) is 11.2.